The fourth-order valence-corrected chi connectivity index (χ4v) is 2.04. The molecule has 0 bridgehead atoms. The highest BCUT2D eigenvalue weighted by Gasteiger charge is 1.99. The van der Waals surface area contributed by atoms with E-state index in [-0.39, 0.29) is 0 Å². The topological polar surface area (TPSA) is 22.1 Å². The summed E-state index contributed by atoms with van der Waals surface area (Å²) in [7, 11) is 1.65. The monoisotopic (exact) mass is 255 g/mol. The molecule has 0 aliphatic heterocycles. The van der Waals surface area contributed by atoms with Crippen molar-refractivity contribution in [3.05, 3.63) is 53.9 Å². The number of pyridine rings is 1. The molecule has 2 aromatic rings. The van der Waals surface area contributed by atoms with Crippen molar-refractivity contribution in [2.24, 2.45) is 0 Å². The molecule has 0 saturated heterocycles. The van der Waals surface area contributed by atoms with E-state index < -0.39 is 0 Å². The van der Waals surface area contributed by atoms with Gasteiger partial charge in [0.15, 0.2) is 0 Å². The summed E-state index contributed by atoms with van der Waals surface area (Å²) in [4.78, 5) is 5.37. The van der Waals surface area contributed by atoms with Crippen LogP contribution in [0.5, 0.6) is 5.75 Å². The SMILES string of the molecule is COc1ccccc1C#Cc1ncccc1SC. The minimum absolute atomic E-state index is 0.784. The van der Waals surface area contributed by atoms with Crippen molar-refractivity contribution in [2.45, 2.75) is 4.90 Å². The lowest BCUT2D eigenvalue weighted by atomic mass is 10.2. The minimum Gasteiger partial charge on any atom is -0.495 e. The van der Waals surface area contributed by atoms with E-state index in [0.29, 0.717) is 0 Å². The average Bonchev–Trinajstić information content (AvgIpc) is 2.45. The van der Waals surface area contributed by atoms with E-state index >= 15 is 0 Å². The molecular weight excluding hydrogens is 242 g/mol. The van der Waals surface area contributed by atoms with Gasteiger partial charge in [-0.05, 0) is 36.4 Å². The molecule has 1 aromatic carbocycles. The van der Waals surface area contributed by atoms with E-state index in [9.17, 15) is 0 Å². The van der Waals surface area contributed by atoms with Crippen LogP contribution in [-0.4, -0.2) is 18.3 Å². The number of ether oxygens (including phenoxy) is 1. The summed E-state index contributed by atoms with van der Waals surface area (Å²) >= 11 is 1.64. The second kappa shape index (κ2) is 6.13. The van der Waals surface area contributed by atoms with E-state index in [1.807, 2.05) is 42.7 Å². The van der Waals surface area contributed by atoms with Gasteiger partial charge >= 0.3 is 0 Å². The highest BCUT2D eigenvalue weighted by atomic mass is 32.2. The van der Waals surface area contributed by atoms with Crippen molar-refractivity contribution in [1.82, 2.24) is 4.98 Å². The van der Waals surface area contributed by atoms with Gasteiger partial charge < -0.3 is 4.74 Å². The number of benzene rings is 1. The molecule has 2 nitrogen and oxygen atoms in total. The first-order valence-electron chi connectivity index (χ1n) is 5.49. The number of hydrogen-bond donors (Lipinski definition) is 0. The quantitative estimate of drug-likeness (QED) is 0.607. The minimum atomic E-state index is 0.784. The standard InChI is InChI=1S/C15H13NOS/c1-17-14-7-4-3-6-12(14)9-10-13-15(18-2)8-5-11-16-13/h3-8,11H,1-2H3. The fraction of sp³-hybridized carbons (Fsp3) is 0.133. The molecule has 90 valence electrons. The third-order valence-corrected chi connectivity index (χ3v) is 3.18. The molecule has 0 fully saturated rings. The first-order chi connectivity index (χ1) is 8.85. The number of rotatable bonds is 2. The van der Waals surface area contributed by atoms with Gasteiger partial charge in [-0.2, -0.15) is 0 Å². The predicted molar refractivity (Wildman–Crippen MR) is 75.0 cm³/mol. The van der Waals surface area contributed by atoms with Gasteiger partial charge in [-0.15, -0.1) is 11.8 Å². The number of thioether (sulfide) groups is 1. The number of hydrogen-bond acceptors (Lipinski definition) is 3. The third kappa shape index (κ3) is 2.85. The number of methoxy groups -OCH3 is 1. The zero-order valence-corrected chi connectivity index (χ0v) is 11.1. The lowest BCUT2D eigenvalue weighted by Gasteiger charge is -2.01. The first-order valence-corrected chi connectivity index (χ1v) is 6.71. The summed E-state index contributed by atoms with van der Waals surface area (Å²) in [6, 6.07) is 11.6. The maximum absolute atomic E-state index is 5.26. The van der Waals surface area contributed by atoms with Crippen LogP contribution in [0.4, 0.5) is 0 Å². The van der Waals surface area contributed by atoms with Crippen LogP contribution >= 0.6 is 11.8 Å². The summed E-state index contributed by atoms with van der Waals surface area (Å²) in [5, 5.41) is 0. The highest BCUT2D eigenvalue weighted by Crippen LogP contribution is 2.18. The van der Waals surface area contributed by atoms with Gasteiger partial charge in [-0.25, -0.2) is 4.98 Å². The molecular formula is C15H13NOS. The lowest BCUT2D eigenvalue weighted by Crippen LogP contribution is -1.88. The Bertz CT molecular complexity index is 547. The van der Waals surface area contributed by atoms with Crippen molar-refractivity contribution in [1.29, 1.82) is 0 Å². The van der Waals surface area contributed by atoms with E-state index in [1.165, 1.54) is 0 Å². The Morgan fingerprint density at radius 1 is 1.11 bits per heavy atom. The van der Waals surface area contributed by atoms with E-state index in [0.717, 1.165) is 21.9 Å². The molecule has 0 saturated carbocycles. The molecule has 0 atom stereocenters. The van der Waals surface area contributed by atoms with Gasteiger partial charge in [0.25, 0.3) is 0 Å². The van der Waals surface area contributed by atoms with Crippen LogP contribution in [0.3, 0.4) is 0 Å². The Morgan fingerprint density at radius 3 is 2.72 bits per heavy atom. The van der Waals surface area contributed by atoms with Crippen molar-refractivity contribution in [3.8, 4) is 17.6 Å². The summed E-state index contributed by atoms with van der Waals surface area (Å²) in [6.45, 7) is 0. The smallest absolute Gasteiger partial charge is 0.134 e. The second-order valence-electron chi connectivity index (χ2n) is 3.50. The summed E-state index contributed by atoms with van der Waals surface area (Å²) in [5.74, 6) is 6.98. The van der Waals surface area contributed by atoms with Crippen molar-refractivity contribution in [2.75, 3.05) is 13.4 Å². The van der Waals surface area contributed by atoms with Gasteiger partial charge in [0.05, 0.1) is 12.7 Å². The Hall–Kier alpha value is -1.92. The zero-order valence-electron chi connectivity index (χ0n) is 10.3. The van der Waals surface area contributed by atoms with Gasteiger partial charge in [0.2, 0.25) is 0 Å². The predicted octanol–water partition coefficient (Wildman–Crippen LogP) is 3.21. The first kappa shape index (κ1) is 12.5. The van der Waals surface area contributed by atoms with Crippen molar-refractivity contribution in [3.63, 3.8) is 0 Å². The molecule has 0 radical (unpaired) electrons. The maximum Gasteiger partial charge on any atom is 0.134 e. The molecule has 1 aromatic heterocycles. The maximum atomic E-state index is 5.26. The number of nitrogens with zero attached hydrogens (tertiary/aromatic N) is 1. The van der Waals surface area contributed by atoms with Gasteiger partial charge in [-0.3, -0.25) is 0 Å². The van der Waals surface area contributed by atoms with Crippen LogP contribution in [-0.2, 0) is 0 Å². The molecule has 0 aliphatic carbocycles. The fourth-order valence-electron chi connectivity index (χ4n) is 1.52. The number of aromatic nitrogens is 1. The van der Waals surface area contributed by atoms with Crippen LogP contribution in [0, 0.1) is 11.8 Å². The molecule has 0 N–H and O–H groups in total. The zero-order chi connectivity index (χ0) is 12.8. The van der Waals surface area contributed by atoms with E-state index in [4.69, 9.17) is 4.74 Å². The molecule has 0 spiro atoms. The average molecular weight is 255 g/mol. The molecule has 0 amide bonds. The van der Waals surface area contributed by atoms with Crippen LogP contribution in [0.2, 0.25) is 0 Å². The molecule has 0 aliphatic rings. The molecule has 18 heavy (non-hydrogen) atoms. The Balaban J connectivity index is 2.37. The molecule has 2 rings (SSSR count). The normalized spacial score (nSPS) is 9.44. The Kier molecular flexibility index (Phi) is 4.27. The Labute approximate surface area is 111 Å². The van der Waals surface area contributed by atoms with E-state index in [1.54, 1.807) is 25.1 Å². The highest BCUT2D eigenvalue weighted by molar-refractivity contribution is 7.98. The van der Waals surface area contributed by atoms with Crippen LogP contribution in [0.1, 0.15) is 11.3 Å². The summed E-state index contributed by atoms with van der Waals surface area (Å²) in [6.07, 6.45) is 3.78. The second-order valence-corrected chi connectivity index (χ2v) is 4.35. The third-order valence-electron chi connectivity index (χ3n) is 2.41. The molecule has 0 unspecified atom stereocenters. The lowest BCUT2D eigenvalue weighted by molar-refractivity contribution is 0.413. The summed E-state index contributed by atoms with van der Waals surface area (Å²) in [5.41, 5.74) is 1.67. The van der Waals surface area contributed by atoms with Gasteiger partial charge in [0.1, 0.15) is 11.4 Å². The molecule has 3 heteroatoms. The van der Waals surface area contributed by atoms with Gasteiger partial charge in [0, 0.05) is 11.1 Å². The van der Waals surface area contributed by atoms with Crippen LogP contribution in [0.15, 0.2) is 47.5 Å². The molecule has 1 heterocycles. The largest absolute Gasteiger partial charge is 0.495 e. The Morgan fingerprint density at radius 2 is 1.94 bits per heavy atom. The van der Waals surface area contributed by atoms with Crippen LogP contribution in [0.25, 0.3) is 0 Å². The van der Waals surface area contributed by atoms with E-state index in [2.05, 4.69) is 16.8 Å². The number of para-hydroxylation sites is 1. The van der Waals surface area contributed by atoms with Crippen molar-refractivity contribution < 1.29 is 4.74 Å². The van der Waals surface area contributed by atoms with Gasteiger partial charge in [-0.1, -0.05) is 18.1 Å². The van der Waals surface area contributed by atoms with Crippen LogP contribution < -0.4 is 4.74 Å². The summed E-state index contributed by atoms with van der Waals surface area (Å²) < 4.78 is 5.26. The van der Waals surface area contributed by atoms with Crippen molar-refractivity contribution >= 4 is 11.8 Å².